The van der Waals surface area contributed by atoms with Crippen LogP contribution in [0.15, 0.2) is 84.9 Å². The molecule has 4 rings (SSSR count). The molecule has 3 heteroatoms. The Hall–Kier alpha value is -2.65. The van der Waals surface area contributed by atoms with E-state index in [-0.39, 0.29) is 11.5 Å². The standard InChI is InChI=1S/C22H18O2S/c23-25(24,15-17-9-11-19-5-1-3-7-21(19)13-17)16-18-10-12-20-6-2-4-8-22(20)14-18/h1-14H,15-16H2. The predicted molar refractivity (Wildman–Crippen MR) is 104 cm³/mol. The first-order valence-electron chi connectivity index (χ1n) is 8.25. The van der Waals surface area contributed by atoms with Crippen LogP contribution in [-0.2, 0) is 21.3 Å². The van der Waals surface area contributed by atoms with Crippen LogP contribution in [0.5, 0.6) is 0 Å². The normalized spacial score (nSPS) is 11.8. The van der Waals surface area contributed by atoms with E-state index in [9.17, 15) is 8.42 Å². The smallest absolute Gasteiger partial charge is 0.158 e. The van der Waals surface area contributed by atoms with Gasteiger partial charge in [-0.05, 0) is 32.7 Å². The maximum Gasteiger partial charge on any atom is 0.158 e. The molecule has 2 nitrogen and oxygen atoms in total. The number of benzene rings is 4. The van der Waals surface area contributed by atoms with Crippen molar-refractivity contribution >= 4 is 31.4 Å². The minimum absolute atomic E-state index is 0.0602. The quantitative estimate of drug-likeness (QED) is 0.515. The van der Waals surface area contributed by atoms with Crippen LogP contribution in [0.2, 0.25) is 0 Å². The summed E-state index contributed by atoms with van der Waals surface area (Å²) in [5, 5.41) is 4.39. The van der Waals surface area contributed by atoms with Gasteiger partial charge in [-0.2, -0.15) is 0 Å². The largest absolute Gasteiger partial charge is 0.228 e. The predicted octanol–water partition coefficient (Wildman–Crippen LogP) is 5.11. The number of sulfone groups is 1. The zero-order valence-corrected chi connectivity index (χ0v) is 14.5. The van der Waals surface area contributed by atoms with Gasteiger partial charge >= 0.3 is 0 Å². The molecule has 0 aliphatic heterocycles. The Morgan fingerprint density at radius 2 is 0.920 bits per heavy atom. The lowest BCUT2D eigenvalue weighted by Crippen LogP contribution is -2.07. The molecule has 0 aliphatic rings. The van der Waals surface area contributed by atoms with E-state index in [2.05, 4.69) is 0 Å². The second-order valence-electron chi connectivity index (χ2n) is 6.40. The average Bonchev–Trinajstić information content (AvgIpc) is 2.61. The molecule has 0 N–H and O–H groups in total. The number of hydrogen-bond acceptors (Lipinski definition) is 2. The third-order valence-corrected chi connectivity index (χ3v) is 5.95. The van der Waals surface area contributed by atoms with E-state index < -0.39 is 9.84 Å². The lowest BCUT2D eigenvalue weighted by Gasteiger charge is -2.07. The van der Waals surface area contributed by atoms with Crippen LogP contribution in [0.25, 0.3) is 21.5 Å². The summed E-state index contributed by atoms with van der Waals surface area (Å²) in [5.74, 6) is 0.120. The monoisotopic (exact) mass is 346 g/mol. The lowest BCUT2D eigenvalue weighted by atomic mass is 10.1. The Morgan fingerprint density at radius 3 is 1.36 bits per heavy atom. The molecule has 124 valence electrons. The molecule has 0 radical (unpaired) electrons. The number of fused-ring (bicyclic) bond motifs is 2. The van der Waals surface area contributed by atoms with Crippen molar-refractivity contribution in [1.82, 2.24) is 0 Å². The average molecular weight is 346 g/mol. The minimum atomic E-state index is -3.22. The molecule has 0 aromatic heterocycles. The van der Waals surface area contributed by atoms with E-state index in [0.717, 1.165) is 32.7 Å². The van der Waals surface area contributed by atoms with E-state index in [1.807, 2.05) is 84.9 Å². The Labute approximate surface area is 147 Å². The van der Waals surface area contributed by atoms with Gasteiger partial charge in [0.15, 0.2) is 9.84 Å². The fourth-order valence-electron chi connectivity index (χ4n) is 3.22. The van der Waals surface area contributed by atoms with Gasteiger partial charge in [0.2, 0.25) is 0 Å². The Balaban J connectivity index is 1.59. The molecule has 0 bridgehead atoms. The van der Waals surface area contributed by atoms with Gasteiger partial charge in [-0.1, -0.05) is 84.9 Å². The van der Waals surface area contributed by atoms with Crippen molar-refractivity contribution in [2.45, 2.75) is 11.5 Å². The lowest BCUT2D eigenvalue weighted by molar-refractivity contribution is 0.594. The first-order chi connectivity index (χ1) is 12.1. The molecule has 25 heavy (non-hydrogen) atoms. The molecule has 4 aromatic rings. The van der Waals surface area contributed by atoms with Gasteiger partial charge in [0.25, 0.3) is 0 Å². The summed E-state index contributed by atoms with van der Waals surface area (Å²) in [5.41, 5.74) is 1.67. The Kier molecular flexibility index (Phi) is 4.02. The van der Waals surface area contributed by atoms with Crippen LogP contribution in [0.1, 0.15) is 11.1 Å². The van der Waals surface area contributed by atoms with Crippen LogP contribution < -0.4 is 0 Å². The van der Waals surface area contributed by atoms with Gasteiger partial charge in [-0.25, -0.2) is 8.42 Å². The van der Waals surface area contributed by atoms with Gasteiger partial charge in [0.1, 0.15) is 0 Å². The molecule has 0 fully saturated rings. The molecule has 0 spiro atoms. The summed E-state index contributed by atoms with van der Waals surface area (Å²) < 4.78 is 25.3. The molecule has 4 aromatic carbocycles. The number of rotatable bonds is 4. The summed E-state index contributed by atoms with van der Waals surface area (Å²) in [6.45, 7) is 0. The van der Waals surface area contributed by atoms with Gasteiger partial charge in [0.05, 0.1) is 11.5 Å². The third kappa shape index (κ3) is 3.57. The highest BCUT2D eigenvalue weighted by molar-refractivity contribution is 7.89. The highest BCUT2D eigenvalue weighted by Crippen LogP contribution is 2.21. The first-order valence-corrected chi connectivity index (χ1v) is 10.1. The molecule has 0 atom stereocenters. The van der Waals surface area contributed by atoms with Gasteiger partial charge in [0, 0.05) is 0 Å². The summed E-state index contributed by atoms with van der Waals surface area (Å²) in [4.78, 5) is 0. The SMILES string of the molecule is O=S(=O)(Cc1ccc2ccccc2c1)Cc1ccc2ccccc2c1. The zero-order chi connectivity index (χ0) is 17.3. The summed E-state index contributed by atoms with van der Waals surface area (Å²) in [7, 11) is -3.22. The fraction of sp³-hybridized carbons (Fsp3) is 0.0909. The van der Waals surface area contributed by atoms with Gasteiger partial charge in [-0.15, -0.1) is 0 Å². The van der Waals surface area contributed by atoms with Gasteiger partial charge in [-0.3, -0.25) is 0 Å². The molecule has 0 aliphatic carbocycles. The third-order valence-electron chi connectivity index (χ3n) is 4.40. The van der Waals surface area contributed by atoms with E-state index in [1.54, 1.807) is 0 Å². The van der Waals surface area contributed by atoms with Crippen molar-refractivity contribution in [3.63, 3.8) is 0 Å². The minimum Gasteiger partial charge on any atom is -0.228 e. The van der Waals surface area contributed by atoms with Crippen molar-refractivity contribution in [1.29, 1.82) is 0 Å². The highest BCUT2D eigenvalue weighted by Gasteiger charge is 2.14. The molecular formula is C22H18O2S. The van der Waals surface area contributed by atoms with Crippen LogP contribution in [0, 0.1) is 0 Å². The molecule has 0 heterocycles. The fourth-order valence-corrected chi connectivity index (χ4v) is 4.69. The van der Waals surface area contributed by atoms with E-state index in [4.69, 9.17) is 0 Å². The molecule has 0 unspecified atom stereocenters. The van der Waals surface area contributed by atoms with Crippen molar-refractivity contribution < 1.29 is 8.42 Å². The summed E-state index contributed by atoms with van der Waals surface area (Å²) in [6, 6.07) is 27.7. The molecule has 0 saturated heterocycles. The van der Waals surface area contributed by atoms with Crippen LogP contribution >= 0.6 is 0 Å². The topological polar surface area (TPSA) is 34.1 Å². The molecule has 0 amide bonds. The van der Waals surface area contributed by atoms with E-state index in [0.29, 0.717) is 0 Å². The van der Waals surface area contributed by atoms with Crippen molar-refractivity contribution in [2.75, 3.05) is 0 Å². The maximum atomic E-state index is 12.6. The second kappa shape index (κ2) is 6.34. The maximum absolute atomic E-state index is 12.6. The summed E-state index contributed by atoms with van der Waals surface area (Å²) in [6.07, 6.45) is 0. The van der Waals surface area contributed by atoms with E-state index in [1.165, 1.54) is 0 Å². The van der Waals surface area contributed by atoms with E-state index >= 15 is 0 Å². The van der Waals surface area contributed by atoms with Crippen molar-refractivity contribution in [2.24, 2.45) is 0 Å². The van der Waals surface area contributed by atoms with Crippen LogP contribution in [0.4, 0.5) is 0 Å². The van der Waals surface area contributed by atoms with Crippen molar-refractivity contribution in [3.05, 3.63) is 96.1 Å². The van der Waals surface area contributed by atoms with Crippen LogP contribution in [0.3, 0.4) is 0 Å². The van der Waals surface area contributed by atoms with Crippen molar-refractivity contribution in [3.8, 4) is 0 Å². The molecular weight excluding hydrogens is 328 g/mol. The summed E-state index contributed by atoms with van der Waals surface area (Å²) >= 11 is 0. The Morgan fingerprint density at radius 1 is 0.520 bits per heavy atom. The number of hydrogen-bond donors (Lipinski definition) is 0. The van der Waals surface area contributed by atoms with Gasteiger partial charge < -0.3 is 0 Å². The van der Waals surface area contributed by atoms with Crippen LogP contribution in [-0.4, -0.2) is 8.42 Å². The first kappa shape index (κ1) is 15.9. The Bertz CT molecular complexity index is 1070. The highest BCUT2D eigenvalue weighted by atomic mass is 32.2. The zero-order valence-electron chi connectivity index (χ0n) is 13.7. The molecule has 0 saturated carbocycles. The second-order valence-corrected chi connectivity index (χ2v) is 8.46.